The van der Waals surface area contributed by atoms with Gasteiger partial charge in [0.25, 0.3) is 0 Å². The first-order valence-corrected chi connectivity index (χ1v) is 9.44. The summed E-state index contributed by atoms with van der Waals surface area (Å²) in [4.78, 5) is 11.1. The van der Waals surface area contributed by atoms with E-state index in [0.717, 1.165) is 35.5 Å². The Morgan fingerprint density at radius 2 is 1.90 bits per heavy atom. The molecule has 0 aliphatic carbocycles. The van der Waals surface area contributed by atoms with Crippen molar-refractivity contribution in [2.24, 2.45) is 0 Å². The molecule has 0 amide bonds. The summed E-state index contributed by atoms with van der Waals surface area (Å²) < 4.78 is 43.5. The number of phenolic OH excluding ortho intramolecular Hbond substituents is 1. The highest BCUT2D eigenvalue weighted by Crippen LogP contribution is 2.31. The molecule has 0 radical (unpaired) electrons. The second-order valence-corrected chi connectivity index (χ2v) is 7.20. The molecule has 8 heteroatoms. The van der Waals surface area contributed by atoms with E-state index >= 15 is 0 Å². The molecule has 0 saturated heterocycles. The summed E-state index contributed by atoms with van der Waals surface area (Å²) in [6.45, 7) is 1.93. The van der Waals surface area contributed by atoms with Gasteiger partial charge in [0.1, 0.15) is 11.5 Å². The van der Waals surface area contributed by atoms with Crippen LogP contribution in [0.2, 0.25) is 0 Å². The van der Waals surface area contributed by atoms with E-state index in [1.165, 1.54) is 12.1 Å². The van der Waals surface area contributed by atoms with E-state index in [-0.39, 0.29) is 5.75 Å². The van der Waals surface area contributed by atoms with Crippen LogP contribution >= 0.6 is 0 Å². The standard InChI is InChI=1S/C22H20F3N3O2/c1-30-18-6-7-20(29)15(10-18)12-28-9-8-19-16(13-28)11-26-21(27-19)14-2-4-17(5-3-14)22(23,24)25/h2-7,10-11,29H,8-9,12-13H2,1H3. The molecule has 0 bridgehead atoms. The van der Waals surface area contributed by atoms with Crippen molar-refractivity contribution in [3.63, 3.8) is 0 Å². The fraction of sp³-hybridized carbons (Fsp3) is 0.273. The number of halogens is 3. The molecule has 156 valence electrons. The number of ether oxygens (including phenoxy) is 1. The average Bonchev–Trinajstić information content (AvgIpc) is 2.74. The molecule has 0 spiro atoms. The molecule has 30 heavy (non-hydrogen) atoms. The van der Waals surface area contributed by atoms with E-state index in [1.807, 2.05) is 6.07 Å². The van der Waals surface area contributed by atoms with Crippen molar-refractivity contribution in [1.82, 2.24) is 14.9 Å². The zero-order chi connectivity index (χ0) is 21.3. The zero-order valence-electron chi connectivity index (χ0n) is 16.3. The lowest BCUT2D eigenvalue weighted by molar-refractivity contribution is -0.137. The van der Waals surface area contributed by atoms with Crippen LogP contribution in [0.4, 0.5) is 13.2 Å². The molecule has 1 N–H and O–H groups in total. The molecule has 1 aliphatic rings. The van der Waals surface area contributed by atoms with E-state index in [0.29, 0.717) is 36.6 Å². The SMILES string of the molecule is COc1ccc(O)c(CN2CCc3nc(-c4ccc(C(F)(F)F)cc4)ncc3C2)c1. The first kappa shape index (κ1) is 20.2. The summed E-state index contributed by atoms with van der Waals surface area (Å²) >= 11 is 0. The van der Waals surface area contributed by atoms with Crippen LogP contribution in [0.5, 0.6) is 11.5 Å². The third-order valence-electron chi connectivity index (χ3n) is 5.16. The van der Waals surface area contributed by atoms with Gasteiger partial charge in [-0.15, -0.1) is 0 Å². The number of rotatable bonds is 4. The third kappa shape index (κ3) is 4.23. The molecule has 2 heterocycles. The second kappa shape index (κ2) is 7.95. The molecule has 0 atom stereocenters. The number of phenols is 1. The number of methoxy groups -OCH3 is 1. The van der Waals surface area contributed by atoms with Crippen molar-refractivity contribution in [3.8, 4) is 22.9 Å². The van der Waals surface area contributed by atoms with Crippen LogP contribution in [0, 0.1) is 0 Å². The highest BCUT2D eigenvalue weighted by Gasteiger charge is 2.30. The van der Waals surface area contributed by atoms with Gasteiger partial charge in [0.05, 0.1) is 18.4 Å². The molecule has 0 fully saturated rings. The van der Waals surface area contributed by atoms with Gasteiger partial charge in [-0.1, -0.05) is 12.1 Å². The fourth-order valence-electron chi connectivity index (χ4n) is 3.51. The Balaban J connectivity index is 1.50. The van der Waals surface area contributed by atoms with Gasteiger partial charge in [-0.3, -0.25) is 4.90 Å². The summed E-state index contributed by atoms with van der Waals surface area (Å²) in [5, 5.41) is 10.1. The minimum Gasteiger partial charge on any atom is -0.508 e. The Labute approximate surface area is 171 Å². The summed E-state index contributed by atoms with van der Waals surface area (Å²) in [5.41, 5.74) is 2.50. The van der Waals surface area contributed by atoms with Crippen LogP contribution in [-0.4, -0.2) is 33.6 Å². The van der Waals surface area contributed by atoms with E-state index < -0.39 is 11.7 Å². The Kier molecular flexibility index (Phi) is 5.34. The molecule has 1 aliphatic heterocycles. The first-order chi connectivity index (χ1) is 14.3. The number of fused-ring (bicyclic) bond motifs is 1. The number of benzene rings is 2. The maximum absolute atomic E-state index is 12.7. The lowest BCUT2D eigenvalue weighted by Gasteiger charge is -2.28. The van der Waals surface area contributed by atoms with Crippen molar-refractivity contribution in [1.29, 1.82) is 0 Å². The molecule has 1 aromatic heterocycles. The van der Waals surface area contributed by atoms with E-state index in [9.17, 15) is 18.3 Å². The number of aromatic hydroxyl groups is 1. The zero-order valence-corrected chi connectivity index (χ0v) is 16.3. The summed E-state index contributed by atoms with van der Waals surface area (Å²) in [5.74, 6) is 1.32. The van der Waals surface area contributed by atoms with Crippen molar-refractivity contribution < 1.29 is 23.0 Å². The number of aromatic nitrogens is 2. The molecule has 2 aromatic carbocycles. The summed E-state index contributed by atoms with van der Waals surface area (Å²) in [6, 6.07) is 10.0. The Morgan fingerprint density at radius 3 is 2.60 bits per heavy atom. The molecule has 3 aromatic rings. The third-order valence-corrected chi connectivity index (χ3v) is 5.16. The van der Waals surface area contributed by atoms with Crippen LogP contribution in [0.15, 0.2) is 48.7 Å². The molecule has 0 saturated carbocycles. The Bertz CT molecular complexity index is 1050. The van der Waals surface area contributed by atoms with Crippen molar-refractivity contribution in [3.05, 3.63) is 71.0 Å². The van der Waals surface area contributed by atoms with Crippen LogP contribution < -0.4 is 4.74 Å². The minimum atomic E-state index is -4.37. The van der Waals surface area contributed by atoms with Crippen LogP contribution in [0.1, 0.15) is 22.4 Å². The van der Waals surface area contributed by atoms with Gasteiger partial charge in [-0.25, -0.2) is 9.97 Å². The average molecular weight is 415 g/mol. The monoisotopic (exact) mass is 415 g/mol. The number of hydrogen-bond acceptors (Lipinski definition) is 5. The van der Waals surface area contributed by atoms with E-state index in [2.05, 4.69) is 14.9 Å². The van der Waals surface area contributed by atoms with Gasteiger partial charge in [0.15, 0.2) is 5.82 Å². The van der Waals surface area contributed by atoms with Crippen LogP contribution in [0.3, 0.4) is 0 Å². The second-order valence-electron chi connectivity index (χ2n) is 7.20. The van der Waals surface area contributed by atoms with Crippen molar-refractivity contribution >= 4 is 0 Å². The van der Waals surface area contributed by atoms with Crippen LogP contribution in [0.25, 0.3) is 11.4 Å². The van der Waals surface area contributed by atoms with Gasteiger partial charge >= 0.3 is 6.18 Å². The van der Waals surface area contributed by atoms with Crippen molar-refractivity contribution in [2.75, 3.05) is 13.7 Å². The van der Waals surface area contributed by atoms with Gasteiger partial charge in [-0.05, 0) is 30.3 Å². The first-order valence-electron chi connectivity index (χ1n) is 9.44. The van der Waals surface area contributed by atoms with Crippen LogP contribution in [-0.2, 0) is 25.7 Å². The number of nitrogens with zero attached hydrogens (tertiary/aromatic N) is 3. The predicted molar refractivity (Wildman–Crippen MR) is 105 cm³/mol. The van der Waals surface area contributed by atoms with Gasteiger partial charge in [0, 0.05) is 48.9 Å². The van der Waals surface area contributed by atoms with Gasteiger partial charge < -0.3 is 9.84 Å². The van der Waals surface area contributed by atoms with Gasteiger partial charge in [0.2, 0.25) is 0 Å². The summed E-state index contributed by atoms with van der Waals surface area (Å²) in [6.07, 6.45) is -1.95. The highest BCUT2D eigenvalue weighted by atomic mass is 19.4. The largest absolute Gasteiger partial charge is 0.508 e. The minimum absolute atomic E-state index is 0.218. The number of hydrogen-bond donors (Lipinski definition) is 1. The lowest BCUT2D eigenvalue weighted by atomic mass is 10.0. The molecule has 5 nitrogen and oxygen atoms in total. The molecule has 4 rings (SSSR count). The molecule has 0 unspecified atom stereocenters. The molecular weight excluding hydrogens is 395 g/mol. The van der Waals surface area contributed by atoms with E-state index in [1.54, 1.807) is 25.4 Å². The lowest BCUT2D eigenvalue weighted by Crippen LogP contribution is -2.31. The molecular formula is C22H20F3N3O2. The Morgan fingerprint density at radius 1 is 1.13 bits per heavy atom. The topological polar surface area (TPSA) is 58.5 Å². The number of alkyl halides is 3. The van der Waals surface area contributed by atoms with E-state index in [4.69, 9.17) is 4.74 Å². The maximum Gasteiger partial charge on any atom is 0.416 e. The van der Waals surface area contributed by atoms with Gasteiger partial charge in [-0.2, -0.15) is 13.2 Å². The Hall–Kier alpha value is -3.13. The van der Waals surface area contributed by atoms with Crippen molar-refractivity contribution in [2.45, 2.75) is 25.7 Å². The highest BCUT2D eigenvalue weighted by molar-refractivity contribution is 5.56. The summed E-state index contributed by atoms with van der Waals surface area (Å²) in [7, 11) is 1.58. The smallest absolute Gasteiger partial charge is 0.416 e. The quantitative estimate of drug-likeness (QED) is 0.683. The fourth-order valence-corrected chi connectivity index (χ4v) is 3.51. The maximum atomic E-state index is 12.7. The predicted octanol–water partition coefficient (Wildman–Crippen LogP) is 4.43. The normalized spacial score (nSPS) is 14.4.